The molecule has 4 rings (SSSR count). The molecule has 0 fully saturated rings. The molecule has 0 aliphatic heterocycles. The average molecular weight is 379 g/mol. The van der Waals surface area contributed by atoms with E-state index in [1.807, 2.05) is 35.9 Å². The standard InChI is InChI=1S/C19H21N7O2/c1-25-14-7-4-3-6-13(14)21-17(25)12-20-18(27)9-5-8-15-22-23-16-10-11-19(28-2)24-26(15)16/h3-4,6-7,10-11H,5,8-9,12H2,1-2H3,(H,20,27). The van der Waals surface area contributed by atoms with Crippen molar-refractivity contribution in [2.24, 2.45) is 7.05 Å². The fourth-order valence-electron chi connectivity index (χ4n) is 3.11. The van der Waals surface area contributed by atoms with E-state index >= 15 is 0 Å². The predicted octanol–water partition coefficient (Wildman–Crippen LogP) is 1.66. The Labute approximate surface area is 161 Å². The normalized spacial score (nSPS) is 11.2. The van der Waals surface area contributed by atoms with Gasteiger partial charge in [0.1, 0.15) is 5.82 Å². The third-order valence-electron chi connectivity index (χ3n) is 4.64. The van der Waals surface area contributed by atoms with Crippen LogP contribution in [-0.2, 0) is 24.8 Å². The first-order valence-corrected chi connectivity index (χ1v) is 9.08. The van der Waals surface area contributed by atoms with Gasteiger partial charge >= 0.3 is 0 Å². The van der Waals surface area contributed by atoms with Gasteiger partial charge in [-0.15, -0.1) is 15.3 Å². The van der Waals surface area contributed by atoms with E-state index < -0.39 is 0 Å². The third-order valence-corrected chi connectivity index (χ3v) is 4.64. The number of nitrogens with one attached hydrogen (secondary N) is 1. The molecule has 0 aliphatic rings. The number of aryl methyl sites for hydroxylation is 2. The van der Waals surface area contributed by atoms with E-state index in [0.717, 1.165) is 16.9 Å². The van der Waals surface area contributed by atoms with E-state index in [4.69, 9.17) is 4.74 Å². The zero-order valence-electron chi connectivity index (χ0n) is 15.8. The Balaban J connectivity index is 1.32. The van der Waals surface area contributed by atoms with E-state index in [-0.39, 0.29) is 5.91 Å². The van der Waals surface area contributed by atoms with Crippen LogP contribution in [0, 0.1) is 0 Å². The summed E-state index contributed by atoms with van der Waals surface area (Å²) in [7, 11) is 3.52. The number of benzene rings is 1. The smallest absolute Gasteiger partial charge is 0.231 e. The SMILES string of the molecule is COc1ccc2nnc(CCCC(=O)NCc3nc4ccccc4n3C)n2n1. The number of amides is 1. The maximum atomic E-state index is 12.2. The number of rotatable bonds is 7. The van der Waals surface area contributed by atoms with Crippen molar-refractivity contribution < 1.29 is 9.53 Å². The lowest BCUT2D eigenvalue weighted by Gasteiger charge is -2.05. The van der Waals surface area contributed by atoms with Crippen molar-refractivity contribution >= 4 is 22.6 Å². The number of nitrogens with zero attached hydrogens (tertiary/aromatic N) is 6. The van der Waals surface area contributed by atoms with Gasteiger partial charge in [-0.25, -0.2) is 4.98 Å². The van der Waals surface area contributed by atoms with Crippen molar-refractivity contribution in [2.75, 3.05) is 7.11 Å². The van der Waals surface area contributed by atoms with E-state index in [1.54, 1.807) is 23.8 Å². The molecule has 0 unspecified atom stereocenters. The van der Waals surface area contributed by atoms with Gasteiger partial charge in [0, 0.05) is 26.0 Å². The molecule has 0 bridgehead atoms. The highest BCUT2D eigenvalue weighted by Crippen LogP contribution is 2.14. The van der Waals surface area contributed by atoms with Crippen LogP contribution in [0.2, 0.25) is 0 Å². The lowest BCUT2D eigenvalue weighted by molar-refractivity contribution is -0.121. The molecular weight excluding hydrogens is 358 g/mol. The maximum Gasteiger partial charge on any atom is 0.231 e. The lowest BCUT2D eigenvalue weighted by Crippen LogP contribution is -2.24. The van der Waals surface area contributed by atoms with Gasteiger partial charge in [-0.1, -0.05) is 12.1 Å². The third kappa shape index (κ3) is 3.51. The number of para-hydroxylation sites is 2. The van der Waals surface area contributed by atoms with Crippen molar-refractivity contribution in [2.45, 2.75) is 25.8 Å². The van der Waals surface area contributed by atoms with E-state index in [9.17, 15) is 4.79 Å². The van der Waals surface area contributed by atoms with Gasteiger partial charge < -0.3 is 14.6 Å². The topological polar surface area (TPSA) is 99.2 Å². The van der Waals surface area contributed by atoms with Gasteiger partial charge in [-0.3, -0.25) is 4.79 Å². The van der Waals surface area contributed by atoms with Crippen LogP contribution in [0.15, 0.2) is 36.4 Å². The molecule has 3 aromatic heterocycles. The fourth-order valence-corrected chi connectivity index (χ4v) is 3.11. The summed E-state index contributed by atoms with van der Waals surface area (Å²) < 4.78 is 8.78. The summed E-state index contributed by atoms with van der Waals surface area (Å²) in [5.74, 6) is 2.01. The van der Waals surface area contributed by atoms with Crippen LogP contribution in [0.1, 0.15) is 24.5 Å². The summed E-state index contributed by atoms with van der Waals surface area (Å²) in [5.41, 5.74) is 2.63. The summed E-state index contributed by atoms with van der Waals surface area (Å²) in [5, 5.41) is 15.5. The number of aromatic nitrogens is 6. The van der Waals surface area contributed by atoms with Gasteiger partial charge in [0.15, 0.2) is 11.5 Å². The minimum atomic E-state index is -0.0218. The van der Waals surface area contributed by atoms with E-state index in [2.05, 4.69) is 25.6 Å². The molecule has 9 heteroatoms. The molecule has 3 heterocycles. The molecule has 0 atom stereocenters. The highest BCUT2D eigenvalue weighted by atomic mass is 16.5. The van der Waals surface area contributed by atoms with Crippen molar-refractivity contribution in [1.82, 2.24) is 34.7 Å². The number of carbonyl (C=O) groups excluding carboxylic acids is 1. The quantitative estimate of drug-likeness (QED) is 0.524. The second-order valence-electron chi connectivity index (χ2n) is 6.47. The fraction of sp³-hybridized carbons (Fsp3) is 0.316. The van der Waals surface area contributed by atoms with Crippen LogP contribution in [0.4, 0.5) is 0 Å². The molecule has 0 spiro atoms. The van der Waals surface area contributed by atoms with Gasteiger partial charge in [-0.05, 0) is 24.6 Å². The first kappa shape index (κ1) is 17.9. The minimum Gasteiger partial charge on any atom is -0.480 e. The minimum absolute atomic E-state index is 0.0218. The molecule has 0 aliphatic carbocycles. The largest absolute Gasteiger partial charge is 0.480 e. The monoisotopic (exact) mass is 379 g/mol. The zero-order chi connectivity index (χ0) is 19.5. The number of hydrogen-bond donors (Lipinski definition) is 1. The molecule has 4 aromatic rings. The highest BCUT2D eigenvalue weighted by molar-refractivity contribution is 5.77. The molecule has 1 N–H and O–H groups in total. The molecule has 28 heavy (non-hydrogen) atoms. The number of methoxy groups -OCH3 is 1. The summed E-state index contributed by atoms with van der Waals surface area (Å²) in [4.78, 5) is 16.8. The van der Waals surface area contributed by atoms with E-state index in [0.29, 0.717) is 43.2 Å². The number of ether oxygens (including phenoxy) is 1. The van der Waals surface area contributed by atoms with Gasteiger partial charge in [0.05, 0.1) is 24.7 Å². The number of imidazole rings is 1. The second kappa shape index (κ2) is 7.63. The number of fused-ring (bicyclic) bond motifs is 2. The molecule has 9 nitrogen and oxygen atoms in total. The average Bonchev–Trinajstić information content (AvgIpc) is 3.27. The van der Waals surface area contributed by atoms with Crippen molar-refractivity contribution in [1.29, 1.82) is 0 Å². The Hall–Kier alpha value is -3.49. The van der Waals surface area contributed by atoms with Gasteiger partial charge in [0.2, 0.25) is 11.8 Å². The first-order chi connectivity index (χ1) is 13.7. The van der Waals surface area contributed by atoms with Crippen LogP contribution in [0.5, 0.6) is 5.88 Å². The Morgan fingerprint density at radius 3 is 2.82 bits per heavy atom. The summed E-state index contributed by atoms with van der Waals surface area (Å²) in [6.45, 7) is 0.399. The Morgan fingerprint density at radius 2 is 2.00 bits per heavy atom. The van der Waals surface area contributed by atoms with E-state index in [1.165, 1.54) is 0 Å². The Bertz CT molecular complexity index is 1130. The summed E-state index contributed by atoms with van der Waals surface area (Å²) in [6, 6.07) is 11.4. The lowest BCUT2D eigenvalue weighted by atomic mass is 10.2. The van der Waals surface area contributed by atoms with Gasteiger partial charge in [0.25, 0.3) is 0 Å². The molecule has 1 aromatic carbocycles. The number of carbonyl (C=O) groups is 1. The number of hydrogen-bond acceptors (Lipinski definition) is 6. The maximum absolute atomic E-state index is 12.2. The van der Waals surface area contributed by atoms with Crippen LogP contribution in [-0.4, -0.2) is 42.4 Å². The highest BCUT2D eigenvalue weighted by Gasteiger charge is 2.11. The molecule has 144 valence electrons. The van der Waals surface area contributed by atoms with Crippen LogP contribution >= 0.6 is 0 Å². The zero-order valence-corrected chi connectivity index (χ0v) is 15.8. The van der Waals surface area contributed by atoms with Crippen LogP contribution in [0.3, 0.4) is 0 Å². The van der Waals surface area contributed by atoms with Crippen molar-refractivity contribution in [3.05, 3.63) is 48.0 Å². The summed E-state index contributed by atoms with van der Waals surface area (Å²) in [6.07, 6.45) is 1.64. The predicted molar refractivity (Wildman–Crippen MR) is 103 cm³/mol. The molecular formula is C19H21N7O2. The van der Waals surface area contributed by atoms with Crippen LogP contribution in [0.25, 0.3) is 16.7 Å². The Kier molecular flexibility index (Phi) is 4.88. The van der Waals surface area contributed by atoms with Crippen LogP contribution < -0.4 is 10.1 Å². The molecule has 0 radical (unpaired) electrons. The van der Waals surface area contributed by atoms with Crippen molar-refractivity contribution in [3.8, 4) is 5.88 Å². The van der Waals surface area contributed by atoms with Crippen molar-refractivity contribution in [3.63, 3.8) is 0 Å². The van der Waals surface area contributed by atoms with Gasteiger partial charge in [-0.2, -0.15) is 4.52 Å². The molecule has 0 saturated heterocycles. The second-order valence-corrected chi connectivity index (χ2v) is 6.47. The first-order valence-electron chi connectivity index (χ1n) is 9.08. The summed E-state index contributed by atoms with van der Waals surface area (Å²) >= 11 is 0. The molecule has 1 amide bonds. The Morgan fingerprint density at radius 1 is 1.14 bits per heavy atom. The molecule has 0 saturated carbocycles.